The molecular weight excluding hydrogens is 416 g/mol. The van der Waals surface area contributed by atoms with E-state index in [9.17, 15) is 4.39 Å². The molecule has 0 saturated carbocycles. The summed E-state index contributed by atoms with van der Waals surface area (Å²) >= 11 is 14.2. The molecule has 0 bridgehead atoms. The maximum absolute atomic E-state index is 13.7. The Kier molecular flexibility index (Phi) is 5.43. The minimum absolute atomic E-state index is 0.0543. The van der Waals surface area contributed by atoms with Crippen LogP contribution in [0.2, 0.25) is 5.02 Å². The fraction of sp³-hybridized carbons (Fsp3) is 0.231. The fourth-order valence-electron chi connectivity index (χ4n) is 1.78. The highest BCUT2D eigenvalue weighted by atomic mass is 79.9. The van der Waals surface area contributed by atoms with Gasteiger partial charge in [0.05, 0.1) is 19.3 Å². The summed E-state index contributed by atoms with van der Waals surface area (Å²) < 4.78 is 15.0. The Morgan fingerprint density at radius 2 is 2.11 bits per heavy atom. The summed E-state index contributed by atoms with van der Waals surface area (Å²) in [5.74, 6) is -0.262. The van der Waals surface area contributed by atoms with Crippen LogP contribution in [0.4, 0.5) is 4.39 Å². The molecule has 6 heteroatoms. The predicted octanol–water partition coefficient (Wildman–Crippen LogP) is 5.76. The molecule has 1 atom stereocenters. The Balaban J connectivity index is 2.41. The van der Waals surface area contributed by atoms with Gasteiger partial charge in [0.25, 0.3) is 0 Å². The van der Waals surface area contributed by atoms with Crippen LogP contribution >= 0.6 is 54.8 Å². The van der Waals surface area contributed by atoms with Crippen molar-refractivity contribution in [3.63, 3.8) is 0 Å². The molecule has 2 aromatic rings. The maximum Gasteiger partial charge on any atom is 0.137 e. The molecular formula is C13H11Br2ClFNS. The van der Waals surface area contributed by atoms with Crippen LogP contribution in [-0.4, -0.2) is 6.54 Å². The van der Waals surface area contributed by atoms with E-state index in [2.05, 4.69) is 37.2 Å². The highest BCUT2D eigenvalue weighted by molar-refractivity contribution is 9.11. The van der Waals surface area contributed by atoms with Crippen LogP contribution in [-0.2, 0) is 0 Å². The average Bonchev–Trinajstić information content (AvgIpc) is 2.70. The van der Waals surface area contributed by atoms with Crippen LogP contribution in [0.5, 0.6) is 0 Å². The summed E-state index contributed by atoms with van der Waals surface area (Å²) in [6.45, 7) is 2.81. The van der Waals surface area contributed by atoms with Gasteiger partial charge < -0.3 is 5.32 Å². The molecule has 1 heterocycles. The normalized spacial score (nSPS) is 12.7. The molecule has 1 unspecified atom stereocenters. The summed E-state index contributed by atoms with van der Waals surface area (Å²) in [6, 6.07) is 7.02. The summed E-state index contributed by atoms with van der Waals surface area (Å²) in [5, 5.41) is 4.03. The average molecular weight is 428 g/mol. The molecule has 0 aliphatic rings. The van der Waals surface area contributed by atoms with Gasteiger partial charge in [0, 0.05) is 4.88 Å². The van der Waals surface area contributed by atoms with E-state index in [0.29, 0.717) is 9.50 Å². The van der Waals surface area contributed by atoms with Crippen LogP contribution < -0.4 is 5.32 Å². The van der Waals surface area contributed by atoms with Crippen LogP contribution in [0.3, 0.4) is 0 Å². The highest BCUT2D eigenvalue weighted by Crippen LogP contribution is 2.37. The zero-order valence-electron chi connectivity index (χ0n) is 10.0. The third-order valence-electron chi connectivity index (χ3n) is 2.63. The Morgan fingerprint density at radius 1 is 1.37 bits per heavy atom. The van der Waals surface area contributed by atoms with Gasteiger partial charge in [0.15, 0.2) is 0 Å². The van der Waals surface area contributed by atoms with Crippen molar-refractivity contribution < 1.29 is 4.39 Å². The first-order valence-electron chi connectivity index (χ1n) is 5.66. The van der Waals surface area contributed by atoms with Crippen molar-refractivity contribution in [2.75, 3.05) is 6.54 Å². The summed E-state index contributed by atoms with van der Waals surface area (Å²) in [7, 11) is 0. The Labute approximate surface area is 137 Å². The lowest BCUT2D eigenvalue weighted by Gasteiger charge is -2.17. The predicted molar refractivity (Wildman–Crippen MR) is 86.6 cm³/mol. The first-order valence-corrected chi connectivity index (χ1v) is 8.44. The van der Waals surface area contributed by atoms with Gasteiger partial charge in [-0.1, -0.05) is 24.6 Å². The second-order valence-electron chi connectivity index (χ2n) is 3.93. The first kappa shape index (κ1) is 15.4. The lowest BCUT2D eigenvalue weighted by atomic mass is 10.1. The van der Waals surface area contributed by atoms with Crippen molar-refractivity contribution in [2.45, 2.75) is 13.0 Å². The van der Waals surface area contributed by atoms with Gasteiger partial charge in [0.1, 0.15) is 5.82 Å². The number of rotatable bonds is 4. The zero-order valence-corrected chi connectivity index (χ0v) is 14.8. The number of halogens is 4. The summed E-state index contributed by atoms with van der Waals surface area (Å²) in [4.78, 5) is 1.06. The molecule has 0 radical (unpaired) electrons. The molecule has 1 N–H and O–H groups in total. The van der Waals surface area contributed by atoms with E-state index in [-0.39, 0.29) is 11.9 Å². The van der Waals surface area contributed by atoms with Crippen LogP contribution in [0.15, 0.2) is 32.5 Å². The van der Waals surface area contributed by atoms with E-state index in [0.717, 1.165) is 20.8 Å². The van der Waals surface area contributed by atoms with Gasteiger partial charge >= 0.3 is 0 Å². The van der Waals surface area contributed by atoms with E-state index in [1.54, 1.807) is 23.5 Å². The summed E-state index contributed by atoms with van der Waals surface area (Å²) in [5.41, 5.74) is 0.882. The molecule has 2 rings (SSSR count). The molecule has 19 heavy (non-hydrogen) atoms. The maximum atomic E-state index is 13.7. The second kappa shape index (κ2) is 6.68. The van der Waals surface area contributed by atoms with E-state index >= 15 is 0 Å². The molecule has 1 aromatic heterocycles. The molecule has 1 aromatic carbocycles. The number of hydrogen-bond acceptors (Lipinski definition) is 2. The molecule has 102 valence electrons. The summed E-state index contributed by atoms with van der Waals surface area (Å²) in [6.07, 6.45) is 0. The van der Waals surface area contributed by atoms with Crippen LogP contribution in [0.25, 0.3) is 0 Å². The van der Waals surface area contributed by atoms with Gasteiger partial charge in [-0.2, -0.15) is 0 Å². The Hall–Kier alpha value is 0.0600. The molecule has 0 aliphatic carbocycles. The third kappa shape index (κ3) is 3.58. The SMILES string of the molecule is CCNC(c1ccc(Br)c(F)c1)c1cc(Cl)c(Br)s1. The number of hydrogen-bond donors (Lipinski definition) is 1. The number of nitrogens with one attached hydrogen (secondary N) is 1. The first-order chi connectivity index (χ1) is 9.02. The molecule has 0 aliphatic heterocycles. The Bertz CT molecular complexity index is 569. The van der Waals surface area contributed by atoms with Crippen LogP contribution in [0, 0.1) is 5.82 Å². The standard InChI is InChI=1S/C13H11Br2ClFNS/c1-2-18-12(11-6-9(16)13(15)19-11)7-3-4-8(14)10(17)5-7/h3-6,12,18H,2H2,1H3. The molecule has 0 spiro atoms. The molecule has 0 amide bonds. The second-order valence-corrected chi connectivity index (χ2v) is 7.60. The highest BCUT2D eigenvalue weighted by Gasteiger charge is 2.18. The zero-order chi connectivity index (χ0) is 14.0. The van der Waals surface area contributed by atoms with E-state index < -0.39 is 0 Å². The van der Waals surface area contributed by atoms with E-state index in [1.807, 2.05) is 19.1 Å². The van der Waals surface area contributed by atoms with Crippen molar-refractivity contribution in [1.29, 1.82) is 0 Å². The van der Waals surface area contributed by atoms with Crippen LogP contribution in [0.1, 0.15) is 23.4 Å². The van der Waals surface area contributed by atoms with Crippen molar-refractivity contribution in [2.24, 2.45) is 0 Å². The van der Waals surface area contributed by atoms with Crippen molar-refractivity contribution in [1.82, 2.24) is 5.32 Å². The van der Waals surface area contributed by atoms with Gasteiger partial charge in [-0.05, 0) is 62.2 Å². The molecule has 0 fully saturated rings. The van der Waals surface area contributed by atoms with Gasteiger partial charge in [0.2, 0.25) is 0 Å². The minimum Gasteiger partial charge on any atom is -0.306 e. The van der Waals surface area contributed by atoms with Crippen molar-refractivity contribution in [3.8, 4) is 0 Å². The monoisotopic (exact) mass is 425 g/mol. The van der Waals surface area contributed by atoms with E-state index in [4.69, 9.17) is 11.6 Å². The molecule has 0 saturated heterocycles. The van der Waals surface area contributed by atoms with E-state index in [1.165, 1.54) is 0 Å². The quantitative estimate of drug-likeness (QED) is 0.654. The smallest absolute Gasteiger partial charge is 0.137 e. The topological polar surface area (TPSA) is 12.0 Å². The molecule has 1 nitrogen and oxygen atoms in total. The van der Waals surface area contributed by atoms with Crippen molar-refractivity contribution in [3.05, 3.63) is 53.8 Å². The number of thiophene rings is 1. The van der Waals surface area contributed by atoms with Crippen molar-refractivity contribution >= 4 is 54.8 Å². The van der Waals surface area contributed by atoms with Gasteiger partial charge in [-0.25, -0.2) is 4.39 Å². The van der Waals surface area contributed by atoms with Gasteiger partial charge in [-0.15, -0.1) is 11.3 Å². The number of benzene rings is 1. The lowest BCUT2D eigenvalue weighted by Crippen LogP contribution is -2.21. The Morgan fingerprint density at radius 3 is 2.63 bits per heavy atom. The lowest BCUT2D eigenvalue weighted by molar-refractivity contribution is 0.602. The largest absolute Gasteiger partial charge is 0.306 e. The minimum atomic E-state index is -0.262. The van der Waals surface area contributed by atoms with Gasteiger partial charge in [-0.3, -0.25) is 0 Å². The third-order valence-corrected chi connectivity index (χ3v) is 5.82. The fourth-order valence-corrected chi connectivity index (χ4v) is 3.88.